The van der Waals surface area contributed by atoms with E-state index in [1.54, 1.807) is 6.20 Å². The minimum atomic E-state index is 0.678. The first-order valence-corrected chi connectivity index (χ1v) is 3.86. The third kappa shape index (κ3) is 1.23. The second kappa shape index (κ2) is 2.81. The van der Waals surface area contributed by atoms with E-state index < -0.39 is 0 Å². The maximum absolute atomic E-state index is 5.50. The van der Waals surface area contributed by atoms with Crippen molar-refractivity contribution in [2.75, 3.05) is 18.8 Å². The molecule has 0 aliphatic carbocycles. The number of anilines is 1. The fraction of sp³-hybridized carbons (Fsp3) is 0.250. The monoisotopic (exact) mass is 162 g/mol. The first-order chi connectivity index (χ1) is 5.86. The fourth-order valence-corrected chi connectivity index (χ4v) is 1.11. The Morgan fingerprint density at radius 3 is 2.92 bits per heavy atom. The number of aliphatic imine (C=N–C) groups is 1. The molecule has 12 heavy (non-hydrogen) atoms. The van der Waals surface area contributed by atoms with Gasteiger partial charge in [0.25, 0.3) is 0 Å². The summed E-state index contributed by atoms with van der Waals surface area (Å²) in [6, 6.07) is 3.69. The predicted molar refractivity (Wildman–Crippen MR) is 48.1 cm³/mol. The molecule has 0 atom stereocenters. The summed E-state index contributed by atoms with van der Waals surface area (Å²) in [5, 5.41) is 3.14. The molecule has 0 aromatic carbocycles. The summed E-state index contributed by atoms with van der Waals surface area (Å²) in [4.78, 5) is 8.38. The number of hydrogen-bond donors (Lipinski definition) is 2. The van der Waals surface area contributed by atoms with E-state index in [0.29, 0.717) is 5.69 Å². The summed E-state index contributed by atoms with van der Waals surface area (Å²) in [5.41, 5.74) is 7.04. The van der Waals surface area contributed by atoms with E-state index in [4.69, 9.17) is 5.73 Å². The zero-order chi connectivity index (χ0) is 8.39. The molecule has 0 amide bonds. The molecule has 0 saturated carbocycles. The largest absolute Gasteiger partial charge is 0.397 e. The van der Waals surface area contributed by atoms with Crippen molar-refractivity contribution in [1.82, 2.24) is 10.3 Å². The smallest absolute Gasteiger partial charge is 0.147 e. The van der Waals surface area contributed by atoms with Crippen LogP contribution < -0.4 is 11.1 Å². The summed E-state index contributed by atoms with van der Waals surface area (Å²) < 4.78 is 0. The van der Waals surface area contributed by atoms with Gasteiger partial charge >= 0.3 is 0 Å². The minimum Gasteiger partial charge on any atom is -0.397 e. The molecule has 62 valence electrons. The lowest BCUT2D eigenvalue weighted by Crippen LogP contribution is -2.20. The maximum atomic E-state index is 5.50. The number of nitrogens with one attached hydrogen (secondary N) is 1. The van der Waals surface area contributed by atoms with E-state index in [1.165, 1.54) is 0 Å². The van der Waals surface area contributed by atoms with E-state index >= 15 is 0 Å². The molecule has 2 heterocycles. The Hall–Kier alpha value is -1.58. The molecule has 1 aliphatic rings. The van der Waals surface area contributed by atoms with Crippen LogP contribution >= 0.6 is 0 Å². The van der Waals surface area contributed by atoms with Crippen LogP contribution in [-0.2, 0) is 0 Å². The highest BCUT2D eigenvalue weighted by Gasteiger charge is 2.07. The molecule has 4 nitrogen and oxygen atoms in total. The highest BCUT2D eigenvalue weighted by atomic mass is 15.1. The summed E-state index contributed by atoms with van der Waals surface area (Å²) in [6.45, 7) is 1.74. The number of rotatable bonds is 1. The van der Waals surface area contributed by atoms with Gasteiger partial charge in [0, 0.05) is 6.54 Å². The fourth-order valence-electron chi connectivity index (χ4n) is 1.11. The number of nitrogens with two attached hydrogens (primary N) is 1. The average Bonchev–Trinajstić information content (AvgIpc) is 2.58. The second-order valence-corrected chi connectivity index (χ2v) is 2.63. The molecule has 0 spiro atoms. The van der Waals surface area contributed by atoms with E-state index in [0.717, 1.165) is 24.6 Å². The number of pyridine rings is 1. The summed E-state index contributed by atoms with van der Waals surface area (Å²) >= 11 is 0. The molecular weight excluding hydrogens is 152 g/mol. The molecule has 0 unspecified atom stereocenters. The summed E-state index contributed by atoms with van der Waals surface area (Å²) in [5.74, 6) is 0.870. The van der Waals surface area contributed by atoms with Gasteiger partial charge in [-0.1, -0.05) is 0 Å². The zero-order valence-corrected chi connectivity index (χ0v) is 6.62. The van der Waals surface area contributed by atoms with Gasteiger partial charge in [-0.2, -0.15) is 0 Å². The van der Waals surface area contributed by atoms with Gasteiger partial charge in [-0.3, -0.25) is 9.98 Å². The van der Waals surface area contributed by atoms with Crippen molar-refractivity contribution < 1.29 is 0 Å². The van der Waals surface area contributed by atoms with Crippen molar-refractivity contribution in [1.29, 1.82) is 0 Å². The van der Waals surface area contributed by atoms with Gasteiger partial charge in [-0.15, -0.1) is 0 Å². The van der Waals surface area contributed by atoms with Crippen molar-refractivity contribution in [3.8, 4) is 0 Å². The van der Waals surface area contributed by atoms with Crippen LogP contribution in [0.4, 0.5) is 5.69 Å². The highest BCUT2D eigenvalue weighted by Crippen LogP contribution is 2.03. The molecule has 0 fully saturated rings. The number of nitrogens with zero attached hydrogens (tertiary/aromatic N) is 2. The standard InChI is InChI=1S/C8H10N4/c9-6-1-2-7(12-5-6)8-10-3-4-11-8/h1-2,5H,3-4,9H2,(H,10,11). The quantitative estimate of drug-likeness (QED) is 0.611. The van der Waals surface area contributed by atoms with Crippen LogP contribution in [0.2, 0.25) is 0 Å². The summed E-state index contributed by atoms with van der Waals surface area (Å²) in [7, 11) is 0. The predicted octanol–water partition coefficient (Wildman–Crippen LogP) is 0.0136. The second-order valence-electron chi connectivity index (χ2n) is 2.63. The van der Waals surface area contributed by atoms with Crippen LogP contribution in [0.3, 0.4) is 0 Å². The van der Waals surface area contributed by atoms with Gasteiger partial charge < -0.3 is 11.1 Å². The van der Waals surface area contributed by atoms with Gasteiger partial charge in [0.15, 0.2) is 0 Å². The average molecular weight is 162 g/mol. The van der Waals surface area contributed by atoms with E-state index in [1.807, 2.05) is 12.1 Å². The molecule has 1 aromatic heterocycles. The van der Waals surface area contributed by atoms with Crippen molar-refractivity contribution in [2.24, 2.45) is 4.99 Å². The normalized spacial score (nSPS) is 15.5. The van der Waals surface area contributed by atoms with Crippen molar-refractivity contribution in [3.63, 3.8) is 0 Å². The van der Waals surface area contributed by atoms with E-state index in [2.05, 4.69) is 15.3 Å². The van der Waals surface area contributed by atoms with Crippen LogP contribution in [0.15, 0.2) is 23.3 Å². The molecule has 0 saturated heterocycles. The van der Waals surface area contributed by atoms with Gasteiger partial charge in [-0.05, 0) is 12.1 Å². The summed E-state index contributed by atoms with van der Waals surface area (Å²) in [6.07, 6.45) is 1.64. The number of hydrogen-bond acceptors (Lipinski definition) is 4. The lowest BCUT2D eigenvalue weighted by atomic mass is 10.3. The van der Waals surface area contributed by atoms with E-state index in [-0.39, 0.29) is 0 Å². The molecular formula is C8H10N4. The Balaban J connectivity index is 2.28. The molecule has 2 rings (SSSR count). The van der Waals surface area contributed by atoms with Gasteiger partial charge in [0.05, 0.1) is 18.4 Å². The molecule has 1 aliphatic heterocycles. The molecule has 0 radical (unpaired) electrons. The van der Waals surface area contributed by atoms with Crippen molar-refractivity contribution in [2.45, 2.75) is 0 Å². The Labute approximate surface area is 70.5 Å². The van der Waals surface area contributed by atoms with Crippen LogP contribution in [0.5, 0.6) is 0 Å². The molecule has 3 N–H and O–H groups in total. The number of aromatic nitrogens is 1. The minimum absolute atomic E-state index is 0.678. The third-order valence-corrected chi connectivity index (χ3v) is 1.70. The Bertz CT molecular complexity index is 301. The van der Waals surface area contributed by atoms with Crippen LogP contribution in [0, 0.1) is 0 Å². The third-order valence-electron chi connectivity index (χ3n) is 1.70. The molecule has 0 bridgehead atoms. The Kier molecular flexibility index (Phi) is 1.66. The van der Waals surface area contributed by atoms with Gasteiger partial charge in [0.2, 0.25) is 0 Å². The zero-order valence-electron chi connectivity index (χ0n) is 6.62. The number of amidine groups is 1. The van der Waals surface area contributed by atoms with Crippen molar-refractivity contribution in [3.05, 3.63) is 24.0 Å². The Morgan fingerprint density at radius 2 is 2.33 bits per heavy atom. The highest BCUT2D eigenvalue weighted by molar-refractivity contribution is 5.98. The first kappa shape index (κ1) is 7.09. The molecule has 4 heteroatoms. The topological polar surface area (TPSA) is 63.3 Å². The van der Waals surface area contributed by atoms with E-state index in [9.17, 15) is 0 Å². The number of nitrogen functional groups attached to an aromatic ring is 1. The molecule has 1 aromatic rings. The SMILES string of the molecule is Nc1ccc(C2=NCCN2)nc1. The van der Waals surface area contributed by atoms with Crippen LogP contribution in [-0.4, -0.2) is 23.9 Å². The maximum Gasteiger partial charge on any atom is 0.147 e. The lowest BCUT2D eigenvalue weighted by molar-refractivity contribution is 0.958. The van der Waals surface area contributed by atoms with Crippen LogP contribution in [0.25, 0.3) is 0 Å². The first-order valence-electron chi connectivity index (χ1n) is 3.86. The van der Waals surface area contributed by atoms with Crippen molar-refractivity contribution >= 4 is 11.5 Å². The lowest BCUT2D eigenvalue weighted by Gasteiger charge is -2.00. The van der Waals surface area contributed by atoms with Crippen LogP contribution in [0.1, 0.15) is 5.69 Å². The van der Waals surface area contributed by atoms with Gasteiger partial charge in [-0.25, -0.2) is 0 Å². The van der Waals surface area contributed by atoms with Gasteiger partial charge in [0.1, 0.15) is 11.5 Å². The Morgan fingerprint density at radius 1 is 1.42 bits per heavy atom.